The number of carbonyl (C=O) groups excluding carboxylic acids is 1. The van der Waals surface area contributed by atoms with Gasteiger partial charge in [0.1, 0.15) is 6.07 Å². The highest BCUT2D eigenvalue weighted by molar-refractivity contribution is 6.32. The second-order valence-electron chi connectivity index (χ2n) is 7.54. The molecule has 1 atom stereocenters. The molecule has 3 aromatic rings. The standard InChI is InChI=1S/C22H19ClN4O2/c1-22(29,15-6-3-2-4-7-15)12-20(28)26-21-25-18-11-17(23)14(13-24)10-19(18)27(21)16-8-5-9-16/h3,6-7,10-11,16,29H,5,8-9,12H2,1H3,(H,25,26,28). The Kier molecular flexibility index (Phi) is 4.92. The summed E-state index contributed by atoms with van der Waals surface area (Å²) in [5.41, 5.74) is 1.00. The van der Waals surface area contributed by atoms with E-state index in [0.717, 1.165) is 24.8 Å². The molecule has 1 amide bonds. The van der Waals surface area contributed by atoms with Crippen LogP contribution in [0.3, 0.4) is 0 Å². The van der Waals surface area contributed by atoms with E-state index in [2.05, 4.69) is 28.5 Å². The Labute approximate surface area is 173 Å². The molecular formula is C22H19ClN4O2. The quantitative estimate of drug-likeness (QED) is 0.666. The van der Waals surface area contributed by atoms with Crippen LogP contribution in [0.1, 0.15) is 49.8 Å². The highest BCUT2D eigenvalue weighted by atomic mass is 35.5. The van der Waals surface area contributed by atoms with Gasteiger partial charge in [0.15, 0.2) is 0 Å². The van der Waals surface area contributed by atoms with Crippen molar-refractivity contribution in [3.8, 4) is 6.07 Å². The summed E-state index contributed by atoms with van der Waals surface area (Å²) in [6.07, 6.45) is 2.93. The number of amides is 1. The fourth-order valence-corrected chi connectivity index (χ4v) is 3.77. The number of imidazole rings is 1. The van der Waals surface area contributed by atoms with Gasteiger partial charge in [0.2, 0.25) is 11.9 Å². The van der Waals surface area contributed by atoms with Crippen LogP contribution in [0, 0.1) is 23.5 Å². The maximum absolute atomic E-state index is 12.7. The molecule has 6 nitrogen and oxygen atoms in total. The van der Waals surface area contributed by atoms with Gasteiger partial charge in [-0.1, -0.05) is 23.7 Å². The van der Waals surface area contributed by atoms with Crippen molar-refractivity contribution in [1.29, 1.82) is 5.26 Å². The predicted molar refractivity (Wildman–Crippen MR) is 109 cm³/mol. The number of nitriles is 1. The number of fused-ring (bicyclic) bond motifs is 1. The van der Waals surface area contributed by atoms with Crippen molar-refractivity contribution >= 4 is 34.5 Å². The molecule has 1 heterocycles. The Morgan fingerprint density at radius 3 is 2.90 bits per heavy atom. The van der Waals surface area contributed by atoms with E-state index in [1.54, 1.807) is 37.3 Å². The number of anilines is 1. The number of aromatic nitrogens is 2. The summed E-state index contributed by atoms with van der Waals surface area (Å²) < 4.78 is 1.97. The number of carbonyl (C=O) groups is 1. The SMILES string of the molecule is CC(O)(CC(=O)Nc1nc2cc(Cl)c(C#N)cc2n1C1CCC1)c1cc#ccc1. The van der Waals surface area contributed by atoms with Gasteiger partial charge >= 0.3 is 0 Å². The first-order valence-electron chi connectivity index (χ1n) is 9.41. The average Bonchev–Trinajstić information content (AvgIpc) is 2.96. The van der Waals surface area contributed by atoms with Crippen LogP contribution in [0.4, 0.5) is 5.95 Å². The average molecular weight is 407 g/mol. The molecule has 0 radical (unpaired) electrons. The summed E-state index contributed by atoms with van der Waals surface area (Å²) in [4.78, 5) is 17.3. The number of rotatable bonds is 5. The van der Waals surface area contributed by atoms with Crippen LogP contribution in [0.25, 0.3) is 11.0 Å². The van der Waals surface area contributed by atoms with Crippen LogP contribution in [0.15, 0.2) is 30.3 Å². The molecule has 1 aliphatic rings. The van der Waals surface area contributed by atoms with Crippen LogP contribution < -0.4 is 5.32 Å². The van der Waals surface area contributed by atoms with Gasteiger partial charge < -0.3 is 9.67 Å². The number of nitrogens with one attached hydrogen (secondary N) is 1. The van der Waals surface area contributed by atoms with Gasteiger partial charge in [-0.15, -0.1) is 0 Å². The number of hydrogen-bond acceptors (Lipinski definition) is 4. The number of hydrogen-bond donors (Lipinski definition) is 2. The Bertz CT molecular complexity index is 1110. The zero-order valence-electron chi connectivity index (χ0n) is 15.9. The van der Waals surface area contributed by atoms with Crippen molar-refractivity contribution < 1.29 is 9.90 Å². The second-order valence-corrected chi connectivity index (χ2v) is 7.95. The summed E-state index contributed by atoms with van der Waals surface area (Å²) in [6.45, 7) is 1.59. The highest BCUT2D eigenvalue weighted by Crippen LogP contribution is 2.38. The molecule has 0 saturated heterocycles. The number of benzene rings is 1. The molecule has 0 bridgehead atoms. The van der Waals surface area contributed by atoms with Gasteiger partial charge in [0.05, 0.1) is 33.6 Å². The Morgan fingerprint density at radius 1 is 1.48 bits per heavy atom. The molecule has 1 aromatic heterocycles. The third-order valence-electron chi connectivity index (χ3n) is 5.37. The molecule has 1 saturated carbocycles. The van der Waals surface area contributed by atoms with Crippen LogP contribution in [0.5, 0.6) is 0 Å². The van der Waals surface area contributed by atoms with Gasteiger partial charge in [-0.25, -0.2) is 4.98 Å². The molecule has 0 aliphatic heterocycles. The summed E-state index contributed by atoms with van der Waals surface area (Å²) in [5.74, 6) is 0.0509. The molecule has 7 heteroatoms. The van der Waals surface area contributed by atoms with Crippen molar-refractivity contribution in [3.05, 3.63) is 58.6 Å². The number of aliphatic hydroxyl groups is 1. The Hall–Kier alpha value is -3.06. The first-order chi connectivity index (χ1) is 13.9. The monoisotopic (exact) mass is 406 g/mol. The number of nitrogens with zero attached hydrogens (tertiary/aromatic N) is 3. The Morgan fingerprint density at radius 2 is 2.28 bits per heavy atom. The molecule has 2 N–H and O–H groups in total. The largest absolute Gasteiger partial charge is 0.385 e. The maximum atomic E-state index is 12.7. The van der Waals surface area contributed by atoms with Gasteiger partial charge in [-0.3, -0.25) is 10.1 Å². The van der Waals surface area contributed by atoms with Crippen molar-refractivity contribution in [3.63, 3.8) is 0 Å². The molecular weight excluding hydrogens is 388 g/mol. The van der Waals surface area contributed by atoms with Gasteiger partial charge in [0, 0.05) is 6.04 Å². The van der Waals surface area contributed by atoms with E-state index in [0.29, 0.717) is 27.6 Å². The maximum Gasteiger partial charge on any atom is 0.229 e. The van der Waals surface area contributed by atoms with Crippen molar-refractivity contribution in [2.45, 2.75) is 44.2 Å². The molecule has 1 aliphatic carbocycles. The lowest BCUT2D eigenvalue weighted by atomic mass is 9.92. The summed E-state index contributed by atoms with van der Waals surface area (Å²) in [5, 5.41) is 23.2. The molecule has 1 fully saturated rings. The van der Waals surface area contributed by atoms with Crippen LogP contribution in [0.2, 0.25) is 5.02 Å². The first-order valence-corrected chi connectivity index (χ1v) is 9.79. The van der Waals surface area contributed by atoms with E-state index in [4.69, 9.17) is 11.6 Å². The second kappa shape index (κ2) is 7.40. The fraction of sp³-hybridized carbons (Fsp3) is 0.318. The van der Waals surface area contributed by atoms with Crippen LogP contribution in [-0.4, -0.2) is 20.6 Å². The summed E-state index contributed by atoms with van der Waals surface area (Å²) in [6, 6.07) is 16.2. The van der Waals surface area contributed by atoms with E-state index < -0.39 is 5.60 Å². The van der Waals surface area contributed by atoms with Gasteiger partial charge in [0.25, 0.3) is 0 Å². The van der Waals surface area contributed by atoms with E-state index in [9.17, 15) is 15.2 Å². The van der Waals surface area contributed by atoms with E-state index in [-0.39, 0.29) is 18.4 Å². The highest BCUT2D eigenvalue weighted by Gasteiger charge is 2.29. The normalized spacial score (nSPS) is 15.8. The zero-order chi connectivity index (χ0) is 20.6. The molecule has 2 aromatic carbocycles. The Balaban J connectivity index is 1.65. The minimum atomic E-state index is -1.35. The lowest BCUT2D eigenvalue weighted by Crippen LogP contribution is -2.29. The molecule has 1 unspecified atom stereocenters. The van der Waals surface area contributed by atoms with E-state index >= 15 is 0 Å². The molecule has 146 valence electrons. The van der Waals surface area contributed by atoms with Crippen molar-refractivity contribution in [1.82, 2.24) is 9.55 Å². The van der Waals surface area contributed by atoms with Crippen molar-refractivity contribution in [2.24, 2.45) is 0 Å². The minimum absolute atomic E-state index is 0.136. The third-order valence-corrected chi connectivity index (χ3v) is 5.69. The van der Waals surface area contributed by atoms with E-state index in [1.165, 1.54) is 0 Å². The molecule has 0 spiro atoms. The predicted octanol–water partition coefficient (Wildman–Crippen LogP) is 4.12. The van der Waals surface area contributed by atoms with Gasteiger partial charge in [-0.2, -0.15) is 5.26 Å². The fourth-order valence-electron chi connectivity index (χ4n) is 3.57. The summed E-state index contributed by atoms with van der Waals surface area (Å²) in [7, 11) is 0. The third kappa shape index (κ3) is 3.65. The molecule has 29 heavy (non-hydrogen) atoms. The minimum Gasteiger partial charge on any atom is -0.385 e. The van der Waals surface area contributed by atoms with Crippen molar-refractivity contribution in [2.75, 3.05) is 5.32 Å². The zero-order valence-corrected chi connectivity index (χ0v) is 16.6. The lowest BCUT2D eigenvalue weighted by Gasteiger charge is -2.29. The van der Waals surface area contributed by atoms with E-state index in [1.807, 2.05) is 4.57 Å². The number of halogens is 1. The summed E-state index contributed by atoms with van der Waals surface area (Å²) >= 11 is 6.16. The van der Waals surface area contributed by atoms with Crippen LogP contribution >= 0.6 is 11.6 Å². The molecule has 4 rings (SSSR count). The smallest absolute Gasteiger partial charge is 0.229 e. The topological polar surface area (TPSA) is 90.9 Å². The lowest BCUT2D eigenvalue weighted by molar-refractivity contribution is -0.120. The van der Waals surface area contributed by atoms with Gasteiger partial charge in [-0.05, 0) is 62.1 Å². The first kappa shape index (κ1) is 19.3. The van der Waals surface area contributed by atoms with Crippen LogP contribution in [-0.2, 0) is 10.4 Å².